The Morgan fingerprint density at radius 1 is 0.682 bits per heavy atom. The quantitative estimate of drug-likeness (QED) is 0.279. The predicted molar refractivity (Wildman–Crippen MR) is 96.1 cm³/mol. The molecule has 0 aromatic rings. The van der Waals surface area contributed by atoms with Gasteiger partial charge in [0.1, 0.15) is 0 Å². The van der Waals surface area contributed by atoms with Gasteiger partial charge in [0.2, 0.25) is 0 Å². The first-order valence-electron chi connectivity index (χ1n) is 8.94. The highest BCUT2D eigenvalue weighted by atomic mass is 16.4. The van der Waals surface area contributed by atoms with E-state index in [1.807, 2.05) is 0 Å². The molecule has 0 unspecified atom stereocenters. The van der Waals surface area contributed by atoms with Crippen LogP contribution in [0.2, 0.25) is 0 Å². The lowest BCUT2D eigenvalue weighted by molar-refractivity contribution is -0.137. The van der Waals surface area contributed by atoms with Crippen molar-refractivity contribution < 1.29 is 9.90 Å². The van der Waals surface area contributed by atoms with Gasteiger partial charge in [0.05, 0.1) is 0 Å². The average Bonchev–Trinajstić information content (AvgIpc) is 2.50. The van der Waals surface area contributed by atoms with E-state index in [0.717, 1.165) is 32.1 Å². The van der Waals surface area contributed by atoms with Gasteiger partial charge in [-0.2, -0.15) is 0 Å². The van der Waals surface area contributed by atoms with E-state index in [1.165, 1.54) is 38.5 Å². The van der Waals surface area contributed by atoms with Gasteiger partial charge in [0.25, 0.3) is 0 Å². The van der Waals surface area contributed by atoms with Crippen molar-refractivity contribution >= 4 is 5.97 Å². The van der Waals surface area contributed by atoms with Gasteiger partial charge in [0.15, 0.2) is 0 Å². The molecule has 0 bridgehead atoms. The first-order chi connectivity index (χ1) is 10.8. The Morgan fingerprint density at radius 3 is 1.64 bits per heavy atom. The zero-order valence-corrected chi connectivity index (χ0v) is 14.3. The van der Waals surface area contributed by atoms with Crippen LogP contribution in [0.5, 0.6) is 0 Å². The monoisotopic (exact) mass is 306 g/mol. The third kappa shape index (κ3) is 18.7. The lowest BCUT2D eigenvalue weighted by Crippen LogP contribution is -1.92. The van der Waals surface area contributed by atoms with Gasteiger partial charge in [-0.05, 0) is 57.8 Å². The van der Waals surface area contributed by atoms with Gasteiger partial charge in [-0.3, -0.25) is 4.79 Å². The van der Waals surface area contributed by atoms with Crippen LogP contribution in [-0.2, 0) is 4.79 Å². The molecule has 0 saturated heterocycles. The van der Waals surface area contributed by atoms with E-state index in [-0.39, 0.29) is 6.42 Å². The van der Waals surface area contributed by atoms with Crippen LogP contribution in [0.4, 0.5) is 0 Å². The maximum Gasteiger partial charge on any atom is 0.303 e. The van der Waals surface area contributed by atoms with Crippen molar-refractivity contribution in [2.24, 2.45) is 0 Å². The van der Waals surface area contributed by atoms with Crippen LogP contribution in [0.1, 0.15) is 84.0 Å². The molecular weight excluding hydrogens is 272 g/mol. The molecule has 2 nitrogen and oxygen atoms in total. The van der Waals surface area contributed by atoms with E-state index in [1.54, 1.807) is 0 Å². The molecular formula is C20H34O2. The molecule has 0 aliphatic heterocycles. The summed E-state index contributed by atoms with van der Waals surface area (Å²) in [5.74, 6) is -0.700. The zero-order chi connectivity index (χ0) is 16.3. The summed E-state index contributed by atoms with van der Waals surface area (Å²) < 4.78 is 0. The summed E-state index contributed by atoms with van der Waals surface area (Å²) in [6.45, 7) is 2.18. The number of hydrogen-bond donors (Lipinski definition) is 1. The number of unbranched alkanes of at least 4 members (excludes halogenated alkanes) is 7. The summed E-state index contributed by atoms with van der Waals surface area (Å²) in [7, 11) is 0. The Kier molecular flexibility index (Phi) is 16.7. The van der Waals surface area contributed by atoms with Gasteiger partial charge in [-0.15, -0.1) is 0 Å². The number of carbonyl (C=O) groups is 1. The molecule has 0 saturated carbocycles. The Hall–Kier alpha value is -1.31. The lowest BCUT2D eigenvalue weighted by atomic mass is 10.1. The maximum absolute atomic E-state index is 10.3. The Bertz CT molecular complexity index is 327. The van der Waals surface area contributed by atoms with Crippen molar-refractivity contribution in [3.63, 3.8) is 0 Å². The third-order valence-electron chi connectivity index (χ3n) is 3.49. The first kappa shape index (κ1) is 20.7. The molecule has 0 atom stereocenters. The van der Waals surface area contributed by atoms with Crippen molar-refractivity contribution in [1.29, 1.82) is 0 Å². The maximum atomic E-state index is 10.3. The third-order valence-corrected chi connectivity index (χ3v) is 3.49. The smallest absolute Gasteiger partial charge is 0.303 e. The molecule has 22 heavy (non-hydrogen) atoms. The molecule has 0 heterocycles. The van der Waals surface area contributed by atoms with Crippen LogP contribution in [0.3, 0.4) is 0 Å². The fraction of sp³-hybridized carbons (Fsp3) is 0.650. The van der Waals surface area contributed by atoms with Crippen molar-refractivity contribution in [2.75, 3.05) is 0 Å². The van der Waals surface area contributed by atoms with E-state index in [2.05, 4.69) is 43.4 Å². The molecule has 0 fully saturated rings. The lowest BCUT2D eigenvalue weighted by Gasteiger charge is -1.97. The van der Waals surface area contributed by atoms with Crippen LogP contribution >= 0.6 is 0 Å². The van der Waals surface area contributed by atoms with E-state index in [9.17, 15) is 4.79 Å². The molecule has 2 heteroatoms. The number of rotatable bonds is 15. The molecule has 0 aliphatic carbocycles. The summed E-state index contributed by atoms with van der Waals surface area (Å²) in [6.07, 6.45) is 26.4. The summed E-state index contributed by atoms with van der Waals surface area (Å²) >= 11 is 0. The van der Waals surface area contributed by atoms with E-state index >= 15 is 0 Å². The van der Waals surface area contributed by atoms with Crippen LogP contribution < -0.4 is 0 Å². The molecule has 0 aliphatic rings. The minimum Gasteiger partial charge on any atom is -0.481 e. The molecule has 0 aromatic carbocycles. The standard InChI is InChI=1S/C20H34O2/c1-2-3-4-5-6-7-8-9-10-11-12-13-14-15-16-17-18-19-20(21)22/h3-4,11-12,15-16H,2,5-10,13-14,17-19H2,1H3,(H,21,22)/b4-3+,12-11+,16-15+. The molecule has 0 radical (unpaired) electrons. The summed E-state index contributed by atoms with van der Waals surface area (Å²) in [5, 5.41) is 8.50. The largest absolute Gasteiger partial charge is 0.481 e. The van der Waals surface area contributed by atoms with Crippen molar-refractivity contribution in [1.82, 2.24) is 0 Å². The number of carboxylic acid groups (broad SMARTS) is 1. The second-order valence-corrected chi connectivity index (χ2v) is 5.68. The van der Waals surface area contributed by atoms with E-state index in [0.29, 0.717) is 0 Å². The Balaban J connectivity index is 3.22. The van der Waals surface area contributed by atoms with Crippen LogP contribution in [0.15, 0.2) is 36.5 Å². The van der Waals surface area contributed by atoms with Gasteiger partial charge >= 0.3 is 5.97 Å². The van der Waals surface area contributed by atoms with Gasteiger partial charge in [0, 0.05) is 6.42 Å². The highest BCUT2D eigenvalue weighted by Gasteiger charge is 1.92. The molecule has 126 valence electrons. The SMILES string of the molecule is CC/C=C/CCCCCC/C=C/CC/C=C/CCCC(=O)O. The highest BCUT2D eigenvalue weighted by Crippen LogP contribution is 2.07. The minimum absolute atomic E-state index is 0.277. The summed E-state index contributed by atoms with van der Waals surface area (Å²) in [4.78, 5) is 10.3. The summed E-state index contributed by atoms with van der Waals surface area (Å²) in [5.41, 5.74) is 0. The van der Waals surface area contributed by atoms with Crippen molar-refractivity contribution in [3.8, 4) is 0 Å². The summed E-state index contributed by atoms with van der Waals surface area (Å²) in [6, 6.07) is 0. The van der Waals surface area contributed by atoms with Gasteiger partial charge in [-0.1, -0.05) is 56.2 Å². The molecule has 0 rings (SSSR count). The molecule has 0 spiro atoms. The van der Waals surface area contributed by atoms with Crippen molar-refractivity contribution in [3.05, 3.63) is 36.5 Å². The minimum atomic E-state index is -0.700. The number of hydrogen-bond acceptors (Lipinski definition) is 1. The first-order valence-corrected chi connectivity index (χ1v) is 8.94. The topological polar surface area (TPSA) is 37.3 Å². The second-order valence-electron chi connectivity index (χ2n) is 5.68. The fourth-order valence-corrected chi connectivity index (χ4v) is 2.20. The Labute approximate surface area is 137 Å². The Morgan fingerprint density at radius 2 is 1.14 bits per heavy atom. The van der Waals surface area contributed by atoms with Crippen molar-refractivity contribution in [2.45, 2.75) is 84.0 Å². The number of carboxylic acids is 1. The van der Waals surface area contributed by atoms with E-state index < -0.39 is 5.97 Å². The zero-order valence-electron chi connectivity index (χ0n) is 14.3. The average molecular weight is 306 g/mol. The normalized spacial score (nSPS) is 12.0. The number of aliphatic carboxylic acids is 1. The molecule has 0 aromatic heterocycles. The van der Waals surface area contributed by atoms with Crippen LogP contribution in [0, 0.1) is 0 Å². The number of allylic oxidation sites excluding steroid dienone is 6. The second kappa shape index (κ2) is 17.7. The fourth-order valence-electron chi connectivity index (χ4n) is 2.20. The van der Waals surface area contributed by atoms with Gasteiger partial charge in [-0.25, -0.2) is 0 Å². The molecule has 1 N–H and O–H groups in total. The molecule has 0 amide bonds. The predicted octanol–water partition coefficient (Wildman–Crippen LogP) is 6.44. The van der Waals surface area contributed by atoms with Crippen LogP contribution in [-0.4, -0.2) is 11.1 Å². The van der Waals surface area contributed by atoms with E-state index in [4.69, 9.17) is 5.11 Å². The highest BCUT2D eigenvalue weighted by molar-refractivity contribution is 5.66. The van der Waals surface area contributed by atoms with Crippen LogP contribution in [0.25, 0.3) is 0 Å². The van der Waals surface area contributed by atoms with Gasteiger partial charge < -0.3 is 5.11 Å².